The van der Waals surface area contributed by atoms with Crippen molar-refractivity contribution in [2.24, 2.45) is 5.73 Å². The Morgan fingerprint density at radius 3 is 2.48 bits per heavy atom. The normalized spacial score (nSPS) is 21.4. The topological polar surface area (TPSA) is 151 Å². The predicted octanol–water partition coefficient (Wildman–Crippen LogP) is -0.365. The molecule has 4 N–H and O–H groups in total. The van der Waals surface area contributed by atoms with E-state index in [-0.39, 0.29) is 37.3 Å². The van der Waals surface area contributed by atoms with Crippen molar-refractivity contribution in [2.45, 2.75) is 56.7 Å². The van der Waals surface area contributed by atoms with E-state index in [0.29, 0.717) is 0 Å². The van der Waals surface area contributed by atoms with Crippen molar-refractivity contribution in [3.05, 3.63) is 24.3 Å². The van der Waals surface area contributed by atoms with Crippen LogP contribution in [-0.2, 0) is 9.59 Å². The summed E-state index contributed by atoms with van der Waals surface area (Å²) in [5.74, 6) is -1.54. The molecule has 0 spiro atoms. The van der Waals surface area contributed by atoms with Crippen molar-refractivity contribution in [3.8, 4) is 0 Å². The SMILES string of the molecule is CN(CC(N)=O)C(=O)[C@@H]1C[C@H](NC(=O)NC2CCCCC2)CN1C(=O)c1cnccn1. The Labute approximate surface area is 180 Å². The number of amides is 5. The lowest BCUT2D eigenvalue weighted by atomic mass is 9.96. The molecular weight excluding hydrogens is 402 g/mol. The van der Waals surface area contributed by atoms with Gasteiger partial charge in [0.05, 0.1) is 18.8 Å². The van der Waals surface area contributed by atoms with Gasteiger partial charge in [0.15, 0.2) is 0 Å². The standard InChI is InChI=1S/C20H29N7O4/c1-26(12-17(21)28)19(30)16-9-14(25-20(31)24-13-5-3-2-4-6-13)11-27(16)18(29)15-10-22-7-8-23-15/h7-8,10,13-14,16H,2-6,9,11-12H2,1H3,(H2,21,28)(H2,24,25,31)/t14-,16-/m0/s1. The molecule has 1 saturated heterocycles. The van der Waals surface area contributed by atoms with Crippen LogP contribution in [0.25, 0.3) is 0 Å². The van der Waals surface area contributed by atoms with Gasteiger partial charge in [0.25, 0.3) is 5.91 Å². The number of nitrogens with two attached hydrogens (primary N) is 1. The fourth-order valence-electron chi connectivity index (χ4n) is 4.18. The zero-order chi connectivity index (χ0) is 22.4. The molecule has 168 valence electrons. The summed E-state index contributed by atoms with van der Waals surface area (Å²) >= 11 is 0. The van der Waals surface area contributed by atoms with Crippen LogP contribution in [0.2, 0.25) is 0 Å². The summed E-state index contributed by atoms with van der Waals surface area (Å²) in [5, 5.41) is 5.87. The lowest BCUT2D eigenvalue weighted by Crippen LogP contribution is -2.48. The minimum absolute atomic E-state index is 0.102. The predicted molar refractivity (Wildman–Crippen MR) is 111 cm³/mol. The Morgan fingerprint density at radius 2 is 1.84 bits per heavy atom. The molecule has 2 fully saturated rings. The fourth-order valence-corrected chi connectivity index (χ4v) is 4.18. The van der Waals surface area contributed by atoms with Crippen molar-refractivity contribution in [1.29, 1.82) is 0 Å². The maximum atomic E-state index is 13.0. The third-order valence-corrected chi connectivity index (χ3v) is 5.67. The lowest BCUT2D eigenvalue weighted by molar-refractivity contribution is -0.137. The van der Waals surface area contributed by atoms with E-state index in [0.717, 1.165) is 25.7 Å². The highest BCUT2D eigenvalue weighted by Gasteiger charge is 2.42. The number of carbonyl (C=O) groups is 4. The molecule has 2 aliphatic rings. The molecule has 2 heterocycles. The third-order valence-electron chi connectivity index (χ3n) is 5.67. The average molecular weight is 431 g/mol. The molecule has 11 heteroatoms. The van der Waals surface area contributed by atoms with Gasteiger partial charge in [-0.05, 0) is 19.3 Å². The van der Waals surface area contributed by atoms with Crippen LogP contribution in [-0.4, -0.2) is 81.8 Å². The summed E-state index contributed by atoms with van der Waals surface area (Å²) in [6, 6.07) is -1.42. The second-order valence-corrected chi connectivity index (χ2v) is 8.11. The van der Waals surface area contributed by atoms with Gasteiger partial charge in [-0.15, -0.1) is 0 Å². The van der Waals surface area contributed by atoms with Gasteiger partial charge >= 0.3 is 6.03 Å². The largest absolute Gasteiger partial charge is 0.368 e. The van der Waals surface area contributed by atoms with Gasteiger partial charge in [0.1, 0.15) is 11.7 Å². The first-order chi connectivity index (χ1) is 14.8. The third kappa shape index (κ3) is 5.89. The zero-order valence-electron chi connectivity index (χ0n) is 17.6. The zero-order valence-corrected chi connectivity index (χ0v) is 17.6. The highest BCUT2D eigenvalue weighted by atomic mass is 16.2. The van der Waals surface area contributed by atoms with Gasteiger partial charge in [-0.1, -0.05) is 19.3 Å². The number of nitrogens with one attached hydrogen (secondary N) is 2. The van der Waals surface area contributed by atoms with Crippen LogP contribution in [0, 0.1) is 0 Å². The number of likely N-dealkylation sites (tertiary alicyclic amines) is 1. The van der Waals surface area contributed by atoms with E-state index in [2.05, 4.69) is 20.6 Å². The molecule has 1 saturated carbocycles. The Balaban J connectivity index is 1.70. The molecule has 1 aliphatic carbocycles. The van der Waals surface area contributed by atoms with E-state index in [4.69, 9.17) is 5.73 Å². The van der Waals surface area contributed by atoms with E-state index < -0.39 is 29.8 Å². The van der Waals surface area contributed by atoms with Crippen molar-refractivity contribution in [1.82, 2.24) is 30.4 Å². The summed E-state index contributed by atoms with van der Waals surface area (Å²) in [6.45, 7) is -0.114. The molecule has 2 atom stereocenters. The maximum Gasteiger partial charge on any atom is 0.315 e. The second-order valence-electron chi connectivity index (χ2n) is 8.11. The number of likely N-dealkylation sites (N-methyl/N-ethyl adjacent to an activating group) is 1. The number of hydrogen-bond donors (Lipinski definition) is 3. The Hall–Kier alpha value is -3.24. The first-order valence-corrected chi connectivity index (χ1v) is 10.5. The van der Waals surface area contributed by atoms with Crippen molar-refractivity contribution in [2.75, 3.05) is 20.1 Å². The van der Waals surface area contributed by atoms with E-state index in [1.807, 2.05) is 0 Å². The quantitative estimate of drug-likeness (QED) is 0.559. The molecule has 31 heavy (non-hydrogen) atoms. The number of rotatable bonds is 6. The van der Waals surface area contributed by atoms with Crippen LogP contribution in [0.5, 0.6) is 0 Å². The van der Waals surface area contributed by atoms with Gasteiger partial charge in [0.2, 0.25) is 11.8 Å². The van der Waals surface area contributed by atoms with Crippen molar-refractivity contribution in [3.63, 3.8) is 0 Å². The smallest absolute Gasteiger partial charge is 0.315 e. The summed E-state index contributed by atoms with van der Waals surface area (Å²) in [5.41, 5.74) is 5.30. The van der Waals surface area contributed by atoms with Crippen LogP contribution in [0.3, 0.4) is 0 Å². The maximum absolute atomic E-state index is 13.0. The molecule has 1 aromatic rings. The van der Waals surface area contributed by atoms with E-state index in [1.165, 1.54) is 41.9 Å². The molecular formula is C20H29N7O4. The van der Waals surface area contributed by atoms with Gasteiger partial charge in [-0.2, -0.15) is 0 Å². The van der Waals surface area contributed by atoms with Crippen LogP contribution in [0.15, 0.2) is 18.6 Å². The Bertz CT molecular complexity index is 813. The number of primary amides is 1. The number of hydrogen-bond acceptors (Lipinski definition) is 6. The second kappa shape index (κ2) is 10.2. The Morgan fingerprint density at radius 1 is 1.13 bits per heavy atom. The lowest BCUT2D eigenvalue weighted by Gasteiger charge is -2.26. The molecule has 0 radical (unpaired) electrons. The van der Waals surface area contributed by atoms with Gasteiger partial charge in [-0.3, -0.25) is 19.4 Å². The first kappa shape index (κ1) is 22.4. The van der Waals surface area contributed by atoms with Gasteiger partial charge in [0, 0.05) is 32.0 Å². The molecule has 0 bridgehead atoms. The molecule has 5 amide bonds. The molecule has 11 nitrogen and oxygen atoms in total. The minimum atomic E-state index is -0.848. The van der Waals surface area contributed by atoms with E-state index >= 15 is 0 Å². The monoisotopic (exact) mass is 431 g/mol. The number of carbonyl (C=O) groups excluding carboxylic acids is 4. The molecule has 1 aliphatic heterocycles. The van der Waals surface area contributed by atoms with Crippen molar-refractivity contribution >= 4 is 23.8 Å². The molecule has 3 rings (SSSR count). The molecule has 0 unspecified atom stereocenters. The summed E-state index contributed by atoms with van der Waals surface area (Å²) in [6.07, 6.45) is 9.68. The Kier molecular flexibility index (Phi) is 7.37. The number of nitrogens with zero attached hydrogens (tertiary/aromatic N) is 4. The van der Waals surface area contributed by atoms with E-state index in [1.54, 1.807) is 0 Å². The summed E-state index contributed by atoms with van der Waals surface area (Å²) < 4.78 is 0. The van der Waals surface area contributed by atoms with Gasteiger partial charge in [-0.25, -0.2) is 9.78 Å². The van der Waals surface area contributed by atoms with Crippen LogP contribution < -0.4 is 16.4 Å². The van der Waals surface area contributed by atoms with Crippen molar-refractivity contribution < 1.29 is 19.2 Å². The van der Waals surface area contributed by atoms with Crippen LogP contribution in [0.1, 0.15) is 49.0 Å². The number of aromatic nitrogens is 2. The molecule has 1 aromatic heterocycles. The van der Waals surface area contributed by atoms with Crippen LogP contribution >= 0.6 is 0 Å². The van der Waals surface area contributed by atoms with Crippen LogP contribution in [0.4, 0.5) is 4.79 Å². The van der Waals surface area contributed by atoms with Gasteiger partial charge < -0.3 is 26.2 Å². The molecule has 0 aromatic carbocycles. The van der Waals surface area contributed by atoms with E-state index in [9.17, 15) is 19.2 Å². The highest BCUT2D eigenvalue weighted by Crippen LogP contribution is 2.22. The summed E-state index contributed by atoms with van der Waals surface area (Å²) in [7, 11) is 1.45. The fraction of sp³-hybridized carbons (Fsp3) is 0.600. The summed E-state index contributed by atoms with van der Waals surface area (Å²) in [4.78, 5) is 60.1. The number of urea groups is 1. The highest BCUT2D eigenvalue weighted by molar-refractivity contribution is 5.97. The average Bonchev–Trinajstić information content (AvgIpc) is 3.16. The minimum Gasteiger partial charge on any atom is -0.368 e. The first-order valence-electron chi connectivity index (χ1n) is 10.5.